The first-order valence-electron chi connectivity index (χ1n) is 9.17. The van der Waals surface area contributed by atoms with Crippen molar-refractivity contribution in [3.05, 3.63) is 29.3 Å². The average Bonchev–Trinajstić information content (AvgIpc) is 2.59. The maximum Gasteiger partial charge on any atom is 0.231 e. The smallest absolute Gasteiger partial charge is 0.231 e. The third-order valence-corrected chi connectivity index (χ3v) is 5.20. The second-order valence-electron chi connectivity index (χ2n) is 7.50. The van der Waals surface area contributed by atoms with Crippen LogP contribution in [0.4, 0.5) is 5.69 Å². The molecule has 2 heterocycles. The molecule has 0 bridgehead atoms. The van der Waals surface area contributed by atoms with Gasteiger partial charge in [-0.2, -0.15) is 0 Å². The van der Waals surface area contributed by atoms with E-state index in [0.717, 1.165) is 44.5 Å². The van der Waals surface area contributed by atoms with Gasteiger partial charge in [-0.1, -0.05) is 31.5 Å². The van der Waals surface area contributed by atoms with Crippen molar-refractivity contribution in [2.24, 2.45) is 11.8 Å². The third kappa shape index (κ3) is 3.33. The monoisotopic (exact) mass is 328 g/mol. The van der Waals surface area contributed by atoms with E-state index in [2.05, 4.69) is 25.1 Å². The highest BCUT2D eigenvalue weighted by molar-refractivity contribution is 5.96. The van der Waals surface area contributed by atoms with Crippen LogP contribution < -0.4 is 4.90 Å². The van der Waals surface area contributed by atoms with Gasteiger partial charge in [-0.15, -0.1) is 0 Å². The van der Waals surface area contributed by atoms with Gasteiger partial charge in [0.1, 0.15) is 0 Å². The Morgan fingerprint density at radius 3 is 2.71 bits per heavy atom. The lowest BCUT2D eigenvalue weighted by atomic mass is 9.93. The summed E-state index contributed by atoms with van der Waals surface area (Å²) in [7, 11) is 0. The van der Waals surface area contributed by atoms with Crippen molar-refractivity contribution in [1.82, 2.24) is 4.90 Å². The summed E-state index contributed by atoms with van der Waals surface area (Å²) in [5, 5.41) is 0. The summed E-state index contributed by atoms with van der Waals surface area (Å²) in [6.45, 7) is 8.11. The van der Waals surface area contributed by atoms with Crippen LogP contribution in [-0.2, 0) is 16.0 Å². The molecule has 1 aromatic rings. The van der Waals surface area contributed by atoms with E-state index in [0.29, 0.717) is 6.54 Å². The van der Waals surface area contributed by atoms with Gasteiger partial charge in [0.25, 0.3) is 0 Å². The molecule has 4 nitrogen and oxygen atoms in total. The van der Waals surface area contributed by atoms with Gasteiger partial charge < -0.3 is 9.80 Å². The second kappa shape index (κ2) is 6.96. The van der Waals surface area contributed by atoms with E-state index in [1.165, 1.54) is 11.1 Å². The van der Waals surface area contributed by atoms with Crippen LogP contribution in [0, 0.1) is 18.8 Å². The maximum absolute atomic E-state index is 13.1. The number of benzene rings is 1. The molecule has 0 N–H and O–H groups in total. The Labute approximate surface area is 144 Å². The molecule has 0 spiro atoms. The van der Waals surface area contributed by atoms with Crippen molar-refractivity contribution in [2.75, 3.05) is 24.5 Å². The zero-order valence-corrected chi connectivity index (χ0v) is 15.0. The Balaban J connectivity index is 1.76. The number of hydrogen-bond acceptors (Lipinski definition) is 2. The maximum atomic E-state index is 13.1. The molecule has 4 heteroatoms. The van der Waals surface area contributed by atoms with E-state index < -0.39 is 0 Å². The molecule has 3 rings (SSSR count). The van der Waals surface area contributed by atoms with Crippen LogP contribution in [0.15, 0.2) is 18.2 Å². The zero-order valence-electron chi connectivity index (χ0n) is 15.0. The summed E-state index contributed by atoms with van der Waals surface area (Å²) >= 11 is 0. The molecular formula is C20H28N2O2. The van der Waals surface area contributed by atoms with Crippen LogP contribution in [0.25, 0.3) is 0 Å². The largest absolute Gasteiger partial charge is 0.342 e. The number of anilines is 1. The topological polar surface area (TPSA) is 40.6 Å². The van der Waals surface area contributed by atoms with Crippen LogP contribution in [0.2, 0.25) is 0 Å². The van der Waals surface area contributed by atoms with Gasteiger partial charge in [-0.3, -0.25) is 9.59 Å². The van der Waals surface area contributed by atoms with E-state index in [9.17, 15) is 9.59 Å². The first kappa shape index (κ1) is 17.0. The summed E-state index contributed by atoms with van der Waals surface area (Å²) in [6, 6.07) is 6.37. The minimum absolute atomic E-state index is 0.00228. The van der Waals surface area contributed by atoms with Gasteiger partial charge in [0.05, 0.1) is 5.92 Å². The normalized spacial score (nSPS) is 20.9. The number of aryl methyl sites for hydroxylation is 2. The van der Waals surface area contributed by atoms with Crippen LogP contribution in [-0.4, -0.2) is 36.3 Å². The summed E-state index contributed by atoms with van der Waals surface area (Å²) in [5.74, 6) is 0.300. The molecule has 2 amide bonds. The molecular weight excluding hydrogens is 300 g/mol. The molecule has 0 saturated carbocycles. The van der Waals surface area contributed by atoms with Crippen molar-refractivity contribution in [2.45, 2.75) is 46.5 Å². The van der Waals surface area contributed by atoms with Gasteiger partial charge in [-0.05, 0) is 44.2 Å². The highest BCUT2D eigenvalue weighted by Gasteiger charge is 2.33. The fourth-order valence-corrected chi connectivity index (χ4v) is 3.92. The fourth-order valence-electron chi connectivity index (χ4n) is 3.92. The zero-order chi connectivity index (χ0) is 17.3. The quantitative estimate of drug-likeness (QED) is 0.837. The molecule has 2 aliphatic heterocycles. The summed E-state index contributed by atoms with van der Waals surface area (Å²) in [5.41, 5.74) is 3.60. The average molecular weight is 328 g/mol. The minimum Gasteiger partial charge on any atom is -0.342 e. The van der Waals surface area contributed by atoms with Crippen LogP contribution in [0.5, 0.6) is 0 Å². The SMILES string of the molecule is Cc1ccc2c(c1)CCCN2C(=O)C1CCCN(C(=O)C(C)C)C1. The molecule has 1 aromatic carbocycles. The molecule has 1 unspecified atom stereocenters. The Morgan fingerprint density at radius 1 is 1.17 bits per heavy atom. The predicted octanol–water partition coefficient (Wildman–Crippen LogP) is 3.17. The van der Waals surface area contributed by atoms with Gasteiger partial charge in [-0.25, -0.2) is 0 Å². The van der Waals surface area contributed by atoms with E-state index in [1.54, 1.807) is 0 Å². The number of amides is 2. The van der Waals surface area contributed by atoms with E-state index in [1.807, 2.05) is 23.6 Å². The van der Waals surface area contributed by atoms with Crippen molar-refractivity contribution >= 4 is 17.5 Å². The number of fused-ring (bicyclic) bond motifs is 1. The van der Waals surface area contributed by atoms with Gasteiger partial charge in [0.2, 0.25) is 11.8 Å². The number of carbonyl (C=O) groups excluding carboxylic acids is 2. The van der Waals surface area contributed by atoms with E-state index >= 15 is 0 Å². The molecule has 1 saturated heterocycles. The highest BCUT2D eigenvalue weighted by Crippen LogP contribution is 2.31. The summed E-state index contributed by atoms with van der Waals surface area (Å²) in [4.78, 5) is 29.3. The lowest BCUT2D eigenvalue weighted by molar-refractivity contribution is -0.137. The first-order chi connectivity index (χ1) is 11.5. The summed E-state index contributed by atoms with van der Waals surface area (Å²) < 4.78 is 0. The Morgan fingerprint density at radius 2 is 1.96 bits per heavy atom. The molecule has 1 atom stereocenters. The van der Waals surface area contributed by atoms with E-state index in [4.69, 9.17) is 0 Å². The lowest BCUT2D eigenvalue weighted by Gasteiger charge is -2.37. The van der Waals surface area contributed by atoms with Crippen molar-refractivity contribution in [3.8, 4) is 0 Å². The first-order valence-corrected chi connectivity index (χ1v) is 9.17. The Kier molecular flexibility index (Phi) is 4.93. The Bertz CT molecular complexity index is 639. The van der Waals surface area contributed by atoms with Gasteiger partial charge in [0.15, 0.2) is 0 Å². The molecule has 0 aliphatic carbocycles. The number of piperidine rings is 1. The molecule has 0 radical (unpaired) electrons. The third-order valence-electron chi connectivity index (χ3n) is 5.20. The molecule has 1 fully saturated rings. The standard InChI is InChI=1S/C20H28N2O2/c1-14(2)19(23)21-10-4-7-17(13-21)20(24)22-11-5-6-16-12-15(3)8-9-18(16)22/h8-9,12,14,17H,4-7,10-11,13H2,1-3H3. The molecule has 0 aromatic heterocycles. The minimum atomic E-state index is -0.0614. The second-order valence-corrected chi connectivity index (χ2v) is 7.50. The summed E-state index contributed by atoms with van der Waals surface area (Å²) in [6.07, 6.45) is 3.87. The van der Waals surface area contributed by atoms with Gasteiger partial charge >= 0.3 is 0 Å². The highest BCUT2D eigenvalue weighted by atomic mass is 16.2. The van der Waals surface area contributed by atoms with Crippen LogP contribution in [0.3, 0.4) is 0 Å². The van der Waals surface area contributed by atoms with Gasteiger partial charge in [0, 0.05) is 31.2 Å². The van der Waals surface area contributed by atoms with Crippen molar-refractivity contribution in [3.63, 3.8) is 0 Å². The predicted molar refractivity (Wildman–Crippen MR) is 96.0 cm³/mol. The fraction of sp³-hybridized carbons (Fsp3) is 0.600. The van der Waals surface area contributed by atoms with E-state index in [-0.39, 0.29) is 23.7 Å². The number of hydrogen-bond donors (Lipinski definition) is 0. The Hall–Kier alpha value is -1.84. The van der Waals surface area contributed by atoms with Crippen LogP contribution in [0.1, 0.15) is 44.2 Å². The molecule has 24 heavy (non-hydrogen) atoms. The lowest BCUT2D eigenvalue weighted by Crippen LogP contribution is -2.48. The van der Waals surface area contributed by atoms with Crippen molar-refractivity contribution in [1.29, 1.82) is 0 Å². The number of rotatable bonds is 2. The number of carbonyl (C=O) groups is 2. The van der Waals surface area contributed by atoms with Crippen LogP contribution >= 0.6 is 0 Å². The molecule has 2 aliphatic rings. The number of nitrogens with zero attached hydrogens (tertiary/aromatic N) is 2. The molecule has 130 valence electrons. The number of likely N-dealkylation sites (tertiary alicyclic amines) is 1. The van der Waals surface area contributed by atoms with Crippen molar-refractivity contribution < 1.29 is 9.59 Å².